The average molecular weight is 378 g/mol. The molecule has 0 bridgehead atoms. The van der Waals surface area contributed by atoms with Gasteiger partial charge in [0.2, 0.25) is 5.78 Å². The number of carboxylic acid groups (broad SMARTS) is 2. The first-order valence-electron chi connectivity index (χ1n) is 8.22. The second-order valence-electron chi connectivity index (χ2n) is 5.94. The highest BCUT2D eigenvalue weighted by Gasteiger charge is 2.34. The van der Waals surface area contributed by atoms with Crippen LogP contribution in [-0.4, -0.2) is 32.5 Å². The molecule has 1 atom stereocenters. The van der Waals surface area contributed by atoms with Gasteiger partial charge in [-0.25, -0.2) is 4.79 Å². The summed E-state index contributed by atoms with van der Waals surface area (Å²) >= 11 is 5.86. The normalized spacial score (nSPS) is 12.0. The number of carboxylic acids is 2. The Hall–Kier alpha value is -2.60. The fourth-order valence-electron chi connectivity index (χ4n) is 3.27. The summed E-state index contributed by atoms with van der Waals surface area (Å²) in [7, 11) is 1.54. The van der Waals surface area contributed by atoms with Crippen molar-refractivity contribution in [1.82, 2.24) is 4.57 Å². The molecule has 1 heterocycles. The van der Waals surface area contributed by atoms with Crippen LogP contribution in [0, 0.1) is 0 Å². The SMILES string of the molecule is CCc1c(C(=O)O)c(C(CC)C(=O)O)n(C)c1C(=O)c1ccc(Cl)cc1. The summed E-state index contributed by atoms with van der Waals surface area (Å²) in [6, 6.07) is 6.28. The Morgan fingerprint density at radius 2 is 1.69 bits per heavy atom. The lowest BCUT2D eigenvalue weighted by Gasteiger charge is -2.14. The zero-order chi connectivity index (χ0) is 19.6. The number of ketones is 1. The lowest BCUT2D eigenvalue weighted by Crippen LogP contribution is -2.18. The zero-order valence-electron chi connectivity index (χ0n) is 14.7. The van der Waals surface area contributed by atoms with Gasteiger partial charge in [0, 0.05) is 23.3 Å². The van der Waals surface area contributed by atoms with E-state index in [0.717, 1.165) is 0 Å². The minimum atomic E-state index is -1.23. The van der Waals surface area contributed by atoms with Gasteiger partial charge in [-0.15, -0.1) is 0 Å². The van der Waals surface area contributed by atoms with Crippen LogP contribution >= 0.6 is 11.6 Å². The number of benzene rings is 1. The third-order valence-electron chi connectivity index (χ3n) is 4.47. The van der Waals surface area contributed by atoms with Crippen LogP contribution in [0.3, 0.4) is 0 Å². The molecule has 0 aliphatic carbocycles. The number of hydrogen-bond donors (Lipinski definition) is 2. The average Bonchev–Trinajstić information content (AvgIpc) is 2.88. The molecule has 138 valence electrons. The quantitative estimate of drug-likeness (QED) is 0.716. The zero-order valence-corrected chi connectivity index (χ0v) is 15.5. The Balaban J connectivity index is 2.77. The lowest BCUT2D eigenvalue weighted by molar-refractivity contribution is -0.139. The van der Waals surface area contributed by atoms with Gasteiger partial charge in [-0.3, -0.25) is 9.59 Å². The molecule has 2 rings (SSSR count). The molecule has 0 spiro atoms. The molecule has 2 N–H and O–H groups in total. The highest BCUT2D eigenvalue weighted by atomic mass is 35.5. The number of hydrogen-bond acceptors (Lipinski definition) is 3. The van der Waals surface area contributed by atoms with E-state index in [1.54, 1.807) is 38.1 Å². The van der Waals surface area contributed by atoms with Crippen molar-refractivity contribution in [3.8, 4) is 0 Å². The molecule has 26 heavy (non-hydrogen) atoms. The van der Waals surface area contributed by atoms with E-state index >= 15 is 0 Å². The van der Waals surface area contributed by atoms with E-state index in [1.165, 1.54) is 11.6 Å². The van der Waals surface area contributed by atoms with Crippen molar-refractivity contribution in [2.45, 2.75) is 32.6 Å². The Morgan fingerprint density at radius 1 is 1.12 bits per heavy atom. The largest absolute Gasteiger partial charge is 0.481 e. The van der Waals surface area contributed by atoms with Crippen molar-refractivity contribution in [2.24, 2.45) is 7.05 Å². The molecule has 0 aliphatic heterocycles. The summed E-state index contributed by atoms with van der Waals surface area (Å²) in [4.78, 5) is 36.5. The predicted molar refractivity (Wildman–Crippen MR) is 97.3 cm³/mol. The predicted octanol–water partition coefficient (Wildman–Crippen LogP) is 3.75. The van der Waals surface area contributed by atoms with Crippen molar-refractivity contribution in [1.29, 1.82) is 0 Å². The van der Waals surface area contributed by atoms with Crippen molar-refractivity contribution >= 4 is 29.3 Å². The second-order valence-corrected chi connectivity index (χ2v) is 6.38. The van der Waals surface area contributed by atoms with Crippen molar-refractivity contribution < 1.29 is 24.6 Å². The van der Waals surface area contributed by atoms with Gasteiger partial charge in [0.15, 0.2) is 0 Å². The maximum atomic E-state index is 13.0. The van der Waals surface area contributed by atoms with Crippen LogP contribution in [0.4, 0.5) is 0 Å². The number of aliphatic carboxylic acids is 1. The minimum Gasteiger partial charge on any atom is -0.481 e. The highest BCUT2D eigenvalue weighted by Crippen LogP contribution is 2.32. The maximum absolute atomic E-state index is 13.0. The van der Waals surface area contributed by atoms with Crippen LogP contribution < -0.4 is 0 Å². The summed E-state index contributed by atoms with van der Waals surface area (Å²) in [5.41, 5.74) is 0.941. The molecule has 0 radical (unpaired) electrons. The van der Waals surface area contributed by atoms with E-state index in [4.69, 9.17) is 11.6 Å². The summed E-state index contributed by atoms with van der Waals surface area (Å²) in [6.07, 6.45) is 0.505. The Labute approximate surface area is 156 Å². The topological polar surface area (TPSA) is 96.6 Å². The Bertz CT molecular complexity index is 867. The Morgan fingerprint density at radius 3 is 2.12 bits per heavy atom. The molecule has 1 aromatic heterocycles. The van der Waals surface area contributed by atoms with Gasteiger partial charge in [-0.05, 0) is 42.7 Å². The number of aromatic nitrogens is 1. The maximum Gasteiger partial charge on any atom is 0.337 e. The molecule has 0 aliphatic rings. The number of nitrogens with zero attached hydrogens (tertiary/aromatic N) is 1. The van der Waals surface area contributed by atoms with E-state index in [-0.39, 0.29) is 29.2 Å². The molecule has 0 fully saturated rings. The number of rotatable bonds is 7. The van der Waals surface area contributed by atoms with Gasteiger partial charge in [0.1, 0.15) is 0 Å². The van der Waals surface area contributed by atoms with Crippen molar-refractivity contribution in [3.05, 3.63) is 57.4 Å². The van der Waals surface area contributed by atoms with Gasteiger partial charge >= 0.3 is 11.9 Å². The molecule has 6 nitrogen and oxygen atoms in total. The first-order chi connectivity index (χ1) is 12.2. The summed E-state index contributed by atoms with van der Waals surface area (Å²) < 4.78 is 1.42. The molecule has 1 aromatic carbocycles. The molecule has 7 heteroatoms. The van der Waals surface area contributed by atoms with Crippen LogP contribution in [0.25, 0.3) is 0 Å². The third kappa shape index (κ3) is 3.37. The second kappa shape index (κ2) is 7.74. The van der Waals surface area contributed by atoms with Crippen molar-refractivity contribution in [3.63, 3.8) is 0 Å². The molecular formula is C19H20ClNO5. The molecule has 1 unspecified atom stereocenters. The molecule has 0 amide bonds. The van der Waals surface area contributed by atoms with E-state index in [2.05, 4.69) is 0 Å². The lowest BCUT2D eigenvalue weighted by atomic mass is 9.95. The van der Waals surface area contributed by atoms with Gasteiger partial charge < -0.3 is 14.8 Å². The molecule has 0 saturated carbocycles. The standard InChI is InChI=1S/C19H20ClNO5/c1-4-12-14(19(25)26)15(13(5-2)18(23)24)21(3)16(12)17(22)10-6-8-11(20)9-7-10/h6-9,13H,4-5H2,1-3H3,(H,23,24)(H,25,26). The van der Waals surface area contributed by atoms with Crippen LogP contribution in [0.1, 0.15) is 63.9 Å². The van der Waals surface area contributed by atoms with E-state index < -0.39 is 17.9 Å². The summed E-state index contributed by atoms with van der Waals surface area (Å²) in [6.45, 7) is 3.41. The van der Waals surface area contributed by atoms with Crippen LogP contribution in [0.5, 0.6) is 0 Å². The van der Waals surface area contributed by atoms with Crippen molar-refractivity contribution in [2.75, 3.05) is 0 Å². The Kier molecular flexibility index (Phi) is 5.87. The molecule has 2 aromatic rings. The third-order valence-corrected chi connectivity index (χ3v) is 4.72. The summed E-state index contributed by atoms with van der Waals surface area (Å²) in [5.74, 6) is -3.73. The molecular weight excluding hydrogens is 358 g/mol. The number of halogens is 1. The summed E-state index contributed by atoms with van der Waals surface area (Å²) in [5, 5.41) is 19.7. The van der Waals surface area contributed by atoms with Crippen LogP contribution in [0.2, 0.25) is 5.02 Å². The number of carbonyl (C=O) groups excluding carboxylic acids is 1. The molecule has 0 saturated heterocycles. The smallest absolute Gasteiger partial charge is 0.337 e. The van der Waals surface area contributed by atoms with Gasteiger partial charge in [-0.2, -0.15) is 0 Å². The van der Waals surface area contributed by atoms with E-state index in [9.17, 15) is 24.6 Å². The monoisotopic (exact) mass is 377 g/mol. The fourth-order valence-corrected chi connectivity index (χ4v) is 3.39. The van der Waals surface area contributed by atoms with Crippen LogP contribution in [0.15, 0.2) is 24.3 Å². The minimum absolute atomic E-state index is 0.0958. The first-order valence-corrected chi connectivity index (χ1v) is 8.60. The number of carbonyl (C=O) groups is 3. The van der Waals surface area contributed by atoms with Gasteiger partial charge in [0.05, 0.1) is 17.2 Å². The van der Waals surface area contributed by atoms with Gasteiger partial charge in [0.25, 0.3) is 0 Å². The highest BCUT2D eigenvalue weighted by molar-refractivity contribution is 6.30. The number of aromatic carboxylic acids is 1. The van der Waals surface area contributed by atoms with E-state index in [1.807, 2.05) is 0 Å². The first kappa shape index (κ1) is 19.7. The fraction of sp³-hybridized carbons (Fsp3) is 0.316. The van der Waals surface area contributed by atoms with Crippen LogP contribution in [-0.2, 0) is 18.3 Å². The van der Waals surface area contributed by atoms with Gasteiger partial charge in [-0.1, -0.05) is 25.4 Å². The van der Waals surface area contributed by atoms with E-state index in [0.29, 0.717) is 22.6 Å².